The van der Waals surface area contributed by atoms with E-state index in [1.807, 2.05) is 34.6 Å². The Bertz CT molecular complexity index is 677. The minimum Gasteiger partial charge on any atom is -0.481 e. The van der Waals surface area contributed by atoms with Gasteiger partial charge in [0.05, 0.1) is 0 Å². The van der Waals surface area contributed by atoms with Gasteiger partial charge in [-0.15, -0.1) is 0 Å². The van der Waals surface area contributed by atoms with Gasteiger partial charge in [-0.25, -0.2) is 0 Å². The summed E-state index contributed by atoms with van der Waals surface area (Å²) in [5.41, 5.74) is 5.66. The Morgan fingerprint density at radius 2 is 1.66 bits per heavy atom. The van der Waals surface area contributed by atoms with Gasteiger partial charge in [-0.05, 0) is 80.0 Å². The van der Waals surface area contributed by atoms with Gasteiger partial charge >= 0.3 is 5.97 Å². The summed E-state index contributed by atoms with van der Waals surface area (Å²) in [6.07, 6.45) is 6.12. The van der Waals surface area contributed by atoms with Crippen LogP contribution < -0.4 is 0 Å². The summed E-state index contributed by atoms with van der Waals surface area (Å²) in [4.78, 5) is 21.9. The zero-order valence-electron chi connectivity index (χ0n) is 23.0. The van der Waals surface area contributed by atoms with Gasteiger partial charge < -0.3 is 5.11 Å². The van der Waals surface area contributed by atoms with Gasteiger partial charge in [-0.3, -0.25) is 9.59 Å². The zero-order chi connectivity index (χ0) is 25.5. The molecule has 0 spiro atoms. The van der Waals surface area contributed by atoms with E-state index >= 15 is 0 Å². The summed E-state index contributed by atoms with van der Waals surface area (Å²) in [5, 5.41) is 7.91. The Balaban J connectivity index is 0. The summed E-state index contributed by atoms with van der Waals surface area (Å²) in [6.45, 7) is 23.3. The first kappa shape index (κ1) is 32.5. The number of rotatable bonds is 7. The molecule has 0 amide bonds. The molecule has 2 unspecified atom stereocenters. The Morgan fingerprint density at radius 1 is 1.12 bits per heavy atom. The quantitative estimate of drug-likeness (QED) is 0.454. The molecule has 0 saturated heterocycles. The van der Waals surface area contributed by atoms with Gasteiger partial charge in [0.25, 0.3) is 0 Å². The molecule has 1 aromatic rings. The van der Waals surface area contributed by atoms with E-state index in [1.165, 1.54) is 22.3 Å². The van der Waals surface area contributed by atoms with Gasteiger partial charge in [0.2, 0.25) is 0 Å². The van der Waals surface area contributed by atoms with Crippen LogP contribution in [0.4, 0.5) is 0 Å². The van der Waals surface area contributed by atoms with Crippen molar-refractivity contribution in [1.29, 1.82) is 0 Å². The SMILES string of the molecule is CC.CC.CCCC(=O)O.CCc1cc(C)c(C)cc1C(C)CC[C@]1(C)C(=O)CCC1C. The molecule has 3 nitrogen and oxygen atoms in total. The smallest absolute Gasteiger partial charge is 0.303 e. The molecule has 0 radical (unpaired) electrons. The first-order valence-corrected chi connectivity index (χ1v) is 12.9. The molecule has 32 heavy (non-hydrogen) atoms. The van der Waals surface area contributed by atoms with E-state index in [2.05, 4.69) is 53.7 Å². The molecule has 1 aliphatic rings. The van der Waals surface area contributed by atoms with Crippen molar-refractivity contribution in [2.75, 3.05) is 0 Å². The fraction of sp³-hybridized carbons (Fsp3) is 0.724. The Morgan fingerprint density at radius 3 is 2.03 bits per heavy atom. The summed E-state index contributed by atoms with van der Waals surface area (Å²) in [7, 11) is 0. The van der Waals surface area contributed by atoms with Gasteiger partial charge in [0.1, 0.15) is 5.78 Å². The van der Waals surface area contributed by atoms with Crippen LogP contribution in [0.5, 0.6) is 0 Å². The average Bonchev–Trinajstić information content (AvgIpc) is 3.04. The lowest BCUT2D eigenvalue weighted by Crippen LogP contribution is -2.28. The predicted molar refractivity (Wildman–Crippen MR) is 140 cm³/mol. The van der Waals surface area contributed by atoms with Crippen LogP contribution in [-0.4, -0.2) is 16.9 Å². The molecule has 0 heterocycles. The van der Waals surface area contributed by atoms with Crippen molar-refractivity contribution in [1.82, 2.24) is 0 Å². The zero-order valence-corrected chi connectivity index (χ0v) is 23.0. The van der Waals surface area contributed by atoms with E-state index in [0.717, 1.165) is 38.5 Å². The normalized spacial score (nSPS) is 20.1. The number of aliphatic carboxylic acids is 1. The second kappa shape index (κ2) is 16.9. The van der Waals surface area contributed by atoms with E-state index in [-0.39, 0.29) is 5.41 Å². The van der Waals surface area contributed by atoms with E-state index in [0.29, 0.717) is 24.0 Å². The number of carbonyl (C=O) groups is 2. The van der Waals surface area contributed by atoms with Crippen LogP contribution in [0.3, 0.4) is 0 Å². The van der Waals surface area contributed by atoms with Gasteiger partial charge in [-0.1, -0.05) is 74.4 Å². The molecule has 0 aliphatic heterocycles. The summed E-state index contributed by atoms with van der Waals surface area (Å²) < 4.78 is 0. The average molecular weight is 449 g/mol. The fourth-order valence-electron chi connectivity index (χ4n) is 4.16. The number of ketones is 1. The summed E-state index contributed by atoms with van der Waals surface area (Å²) >= 11 is 0. The highest BCUT2D eigenvalue weighted by Gasteiger charge is 2.42. The first-order valence-electron chi connectivity index (χ1n) is 12.9. The lowest BCUT2D eigenvalue weighted by molar-refractivity contribution is -0.137. The predicted octanol–water partition coefficient (Wildman–Crippen LogP) is 8.68. The van der Waals surface area contributed by atoms with E-state index < -0.39 is 5.97 Å². The standard InChI is InChI=1S/C21H32O.C4H8O2.2C2H6/c1-7-18-12-15(3)16(4)13-19(18)14(2)10-11-21(6)17(5)8-9-20(21)22;1-2-3-4(5)6;2*1-2/h12-14,17H,7-11H2,1-6H3;2-3H2,1H3,(H,5,6);2*1-2H3/t14?,17?,21-;;;/m0.../s1. The Labute approximate surface area is 199 Å². The molecule has 1 N–H and O–H groups in total. The van der Waals surface area contributed by atoms with Crippen molar-refractivity contribution in [3.63, 3.8) is 0 Å². The molecule has 1 saturated carbocycles. The molecule has 1 fully saturated rings. The van der Waals surface area contributed by atoms with Crippen molar-refractivity contribution >= 4 is 11.8 Å². The number of carboxylic acids is 1. The molecule has 1 aliphatic carbocycles. The van der Waals surface area contributed by atoms with Gasteiger partial charge in [-0.2, -0.15) is 0 Å². The van der Waals surface area contributed by atoms with Crippen molar-refractivity contribution in [3.8, 4) is 0 Å². The largest absolute Gasteiger partial charge is 0.481 e. The molecule has 0 aromatic heterocycles. The van der Waals surface area contributed by atoms with Crippen molar-refractivity contribution in [2.24, 2.45) is 11.3 Å². The number of hydrogen-bond donors (Lipinski definition) is 1. The maximum absolute atomic E-state index is 12.3. The maximum atomic E-state index is 12.3. The summed E-state index contributed by atoms with van der Waals surface area (Å²) in [5.74, 6) is 0.852. The van der Waals surface area contributed by atoms with Crippen LogP contribution in [0.2, 0.25) is 0 Å². The van der Waals surface area contributed by atoms with Crippen LogP contribution >= 0.6 is 0 Å². The van der Waals surface area contributed by atoms with Gasteiger partial charge in [0, 0.05) is 18.3 Å². The Hall–Kier alpha value is -1.64. The van der Waals surface area contributed by atoms with Crippen molar-refractivity contribution < 1.29 is 14.7 Å². The third-order valence-corrected chi connectivity index (χ3v) is 6.76. The summed E-state index contributed by atoms with van der Waals surface area (Å²) in [6, 6.07) is 4.73. The molecule has 186 valence electrons. The maximum Gasteiger partial charge on any atom is 0.303 e. The monoisotopic (exact) mass is 448 g/mol. The minimum absolute atomic E-state index is 0.0830. The molecular weight excluding hydrogens is 396 g/mol. The van der Waals surface area contributed by atoms with Crippen LogP contribution in [0.1, 0.15) is 129 Å². The number of carboxylic acid groups (broad SMARTS) is 1. The highest BCUT2D eigenvalue weighted by molar-refractivity contribution is 5.86. The highest BCUT2D eigenvalue weighted by Crippen LogP contribution is 2.45. The number of Topliss-reactive ketones (excluding diaryl/α,β-unsaturated/α-hetero) is 1. The van der Waals surface area contributed by atoms with E-state index in [9.17, 15) is 9.59 Å². The third-order valence-electron chi connectivity index (χ3n) is 6.76. The molecule has 3 atom stereocenters. The first-order chi connectivity index (χ1) is 15.1. The van der Waals surface area contributed by atoms with Crippen LogP contribution in [-0.2, 0) is 16.0 Å². The van der Waals surface area contributed by atoms with Crippen molar-refractivity contribution in [3.05, 3.63) is 34.4 Å². The van der Waals surface area contributed by atoms with E-state index in [4.69, 9.17) is 5.11 Å². The third kappa shape index (κ3) is 9.88. The second-order valence-corrected chi connectivity index (χ2v) is 8.85. The highest BCUT2D eigenvalue weighted by atomic mass is 16.4. The van der Waals surface area contributed by atoms with Crippen molar-refractivity contribution in [2.45, 2.75) is 127 Å². The molecule has 3 heteroatoms. The lowest BCUT2D eigenvalue weighted by atomic mass is 9.74. The fourth-order valence-corrected chi connectivity index (χ4v) is 4.16. The number of aryl methyl sites for hydroxylation is 3. The lowest BCUT2D eigenvalue weighted by Gasteiger charge is -2.29. The number of carbonyl (C=O) groups excluding carboxylic acids is 1. The number of benzene rings is 1. The minimum atomic E-state index is -0.711. The van der Waals surface area contributed by atoms with Crippen LogP contribution in [0.25, 0.3) is 0 Å². The van der Waals surface area contributed by atoms with Crippen LogP contribution in [0.15, 0.2) is 12.1 Å². The molecule has 0 bridgehead atoms. The topological polar surface area (TPSA) is 54.4 Å². The molecule has 2 rings (SSSR count). The Kier molecular flexibility index (Phi) is 17.2. The molecular formula is C29H52O3. The van der Waals surface area contributed by atoms with Crippen LogP contribution in [0, 0.1) is 25.2 Å². The number of hydrogen-bond acceptors (Lipinski definition) is 2. The van der Waals surface area contributed by atoms with E-state index in [1.54, 1.807) is 0 Å². The van der Waals surface area contributed by atoms with Gasteiger partial charge in [0.15, 0.2) is 0 Å². The second-order valence-electron chi connectivity index (χ2n) is 8.85. The molecule has 1 aromatic carbocycles.